The van der Waals surface area contributed by atoms with Crippen LogP contribution in [0.5, 0.6) is 0 Å². The van der Waals surface area contributed by atoms with E-state index in [-0.39, 0.29) is 0 Å². The van der Waals surface area contributed by atoms with Crippen LogP contribution in [-0.2, 0) is 0 Å². The van der Waals surface area contributed by atoms with Crippen molar-refractivity contribution in [1.29, 1.82) is 0 Å². The van der Waals surface area contributed by atoms with Gasteiger partial charge >= 0.3 is 0 Å². The first-order valence-corrected chi connectivity index (χ1v) is 3.33. The Morgan fingerprint density at radius 3 is 2.70 bits per heavy atom. The van der Waals surface area contributed by atoms with Gasteiger partial charge in [-0.25, -0.2) is 5.43 Å². The first-order chi connectivity index (χ1) is 4.70. The second-order valence-corrected chi connectivity index (χ2v) is 2.00. The van der Waals surface area contributed by atoms with E-state index in [0.29, 0.717) is 6.42 Å². The summed E-state index contributed by atoms with van der Waals surface area (Å²) in [5.41, 5.74) is 5.39. The Bertz CT molecular complexity index is 114. The Morgan fingerprint density at radius 2 is 2.30 bits per heavy atom. The highest BCUT2D eigenvalue weighted by Crippen LogP contribution is 1.79. The van der Waals surface area contributed by atoms with Crippen molar-refractivity contribution in [2.75, 3.05) is 7.05 Å². The predicted molar refractivity (Wildman–Crippen MR) is 41.6 cm³/mol. The lowest BCUT2D eigenvalue weighted by atomic mass is 10.4. The summed E-state index contributed by atoms with van der Waals surface area (Å²) in [6.07, 6.45) is 0.168. The Labute approximate surface area is 61.3 Å². The number of nitrogens with one attached hydrogen (secondary N) is 2. The zero-order valence-electron chi connectivity index (χ0n) is 6.68. The number of hydrogen-bond acceptors (Lipinski definition) is 3. The molecule has 1 unspecified atom stereocenters. The summed E-state index contributed by atoms with van der Waals surface area (Å²) >= 11 is 0. The van der Waals surface area contributed by atoms with E-state index in [2.05, 4.69) is 15.8 Å². The Morgan fingerprint density at radius 1 is 1.70 bits per heavy atom. The second-order valence-electron chi connectivity index (χ2n) is 2.00. The van der Waals surface area contributed by atoms with Crippen molar-refractivity contribution < 1.29 is 5.11 Å². The van der Waals surface area contributed by atoms with Gasteiger partial charge in [-0.15, -0.1) is 0 Å². The molecule has 0 aliphatic heterocycles. The molecule has 4 nitrogen and oxygen atoms in total. The van der Waals surface area contributed by atoms with Crippen LogP contribution in [0.15, 0.2) is 4.99 Å². The molecule has 3 N–H and O–H groups in total. The van der Waals surface area contributed by atoms with Crippen molar-refractivity contribution in [2.45, 2.75) is 26.5 Å². The third-order valence-electron chi connectivity index (χ3n) is 1.14. The van der Waals surface area contributed by atoms with Crippen molar-refractivity contribution >= 4 is 5.84 Å². The van der Waals surface area contributed by atoms with E-state index in [9.17, 15) is 0 Å². The quantitative estimate of drug-likeness (QED) is 0.224. The van der Waals surface area contributed by atoms with Gasteiger partial charge in [-0.2, -0.15) is 0 Å². The van der Waals surface area contributed by atoms with Crippen LogP contribution in [-0.4, -0.2) is 24.2 Å². The molecule has 0 radical (unpaired) electrons. The van der Waals surface area contributed by atoms with Crippen LogP contribution in [0.3, 0.4) is 0 Å². The van der Waals surface area contributed by atoms with E-state index >= 15 is 0 Å². The van der Waals surface area contributed by atoms with Crippen LogP contribution in [0, 0.1) is 0 Å². The van der Waals surface area contributed by atoms with E-state index in [0.717, 1.165) is 5.84 Å². The largest absolute Gasteiger partial charge is 0.377 e. The molecule has 0 heterocycles. The summed E-state index contributed by atoms with van der Waals surface area (Å²) in [5, 5.41) is 8.97. The molecule has 0 aromatic heterocycles. The van der Waals surface area contributed by atoms with Crippen LogP contribution >= 0.6 is 0 Å². The van der Waals surface area contributed by atoms with Crippen LogP contribution in [0.1, 0.15) is 20.3 Å². The molecule has 0 aliphatic rings. The summed E-state index contributed by atoms with van der Waals surface area (Å²) in [7, 11) is 1.68. The molecule has 0 aliphatic carbocycles. The molecule has 0 fully saturated rings. The molecular weight excluding hydrogens is 130 g/mol. The Hall–Kier alpha value is -0.610. The minimum atomic E-state index is -0.503. The number of nitrogens with zero attached hydrogens (tertiary/aromatic N) is 1. The van der Waals surface area contributed by atoms with Crippen molar-refractivity contribution in [1.82, 2.24) is 10.9 Å². The van der Waals surface area contributed by atoms with E-state index in [1.54, 1.807) is 7.05 Å². The molecule has 0 saturated heterocycles. The molecule has 60 valence electrons. The van der Waals surface area contributed by atoms with Crippen LogP contribution in [0.25, 0.3) is 0 Å². The summed E-state index contributed by atoms with van der Waals surface area (Å²) in [5.74, 6) is 0.757. The fourth-order valence-electron chi connectivity index (χ4n) is 0.346. The van der Waals surface area contributed by atoms with E-state index in [1.165, 1.54) is 0 Å². The summed E-state index contributed by atoms with van der Waals surface area (Å²) < 4.78 is 0. The first-order valence-electron chi connectivity index (χ1n) is 3.33. The van der Waals surface area contributed by atoms with Gasteiger partial charge in [0, 0.05) is 7.05 Å². The fourth-order valence-corrected chi connectivity index (χ4v) is 0.346. The zero-order valence-corrected chi connectivity index (χ0v) is 6.68. The number of aliphatic hydroxyl groups is 1. The maximum Gasteiger partial charge on any atom is 0.121 e. The minimum absolute atomic E-state index is 0.503. The van der Waals surface area contributed by atoms with Gasteiger partial charge < -0.3 is 10.5 Å². The standard InChI is InChI=1S/C6H15N3O/c1-4-6(10)9-8-5(2)7-3/h6,9-10H,4H2,1-3H3,(H,7,8). The van der Waals surface area contributed by atoms with E-state index in [1.807, 2.05) is 13.8 Å². The molecule has 0 saturated carbocycles. The first kappa shape index (κ1) is 9.39. The summed E-state index contributed by atoms with van der Waals surface area (Å²) in [4.78, 5) is 3.83. The molecule has 0 spiro atoms. The lowest BCUT2D eigenvalue weighted by molar-refractivity contribution is 0.125. The van der Waals surface area contributed by atoms with Gasteiger partial charge in [-0.3, -0.25) is 4.99 Å². The normalized spacial score (nSPS) is 15.0. The van der Waals surface area contributed by atoms with Gasteiger partial charge in [0.15, 0.2) is 0 Å². The number of amidine groups is 1. The molecule has 0 amide bonds. The molecular formula is C6H15N3O. The number of rotatable bonds is 3. The highest BCUT2D eigenvalue weighted by atomic mass is 16.3. The molecule has 0 bridgehead atoms. The Balaban J connectivity index is 3.35. The van der Waals surface area contributed by atoms with Gasteiger partial charge in [0.25, 0.3) is 0 Å². The lowest BCUT2D eigenvalue weighted by Gasteiger charge is -2.11. The minimum Gasteiger partial charge on any atom is -0.377 e. The van der Waals surface area contributed by atoms with Gasteiger partial charge in [-0.1, -0.05) is 6.92 Å². The van der Waals surface area contributed by atoms with Crippen molar-refractivity contribution in [3.8, 4) is 0 Å². The van der Waals surface area contributed by atoms with E-state index in [4.69, 9.17) is 5.11 Å². The van der Waals surface area contributed by atoms with Gasteiger partial charge in [-0.05, 0) is 13.3 Å². The third-order valence-corrected chi connectivity index (χ3v) is 1.14. The topological polar surface area (TPSA) is 56.6 Å². The lowest BCUT2D eigenvalue weighted by Crippen LogP contribution is -2.42. The SMILES string of the molecule is CCC(O)NNC(C)=NC. The van der Waals surface area contributed by atoms with Crippen molar-refractivity contribution in [3.63, 3.8) is 0 Å². The molecule has 0 aromatic carbocycles. The fraction of sp³-hybridized carbons (Fsp3) is 0.833. The molecule has 4 heteroatoms. The number of hydrogen-bond donors (Lipinski definition) is 3. The smallest absolute Gasteiger partial charge is 0.121 e. The molecule has 10 heavy (non-hydrogen) atoms. The van der Waals surface area contributed by atoms with Crippen LogP contribution in [0.2, 0.25) is 0 Å². The maximum atomic E-state index is 8.97. The highest BCUT2D eigenvalue weighted by Gasteiger charge is 1.96. The average molecular weight is 145 g/mol. The number of aliphatic hydroxyl groups excluding tert-OH is 1. The summed E-state index contributed by atoms with van der Waals surface area (Å²) in [6.45, 7) is 3.70. The summed E-state index contributed by atoms with van der Waals surface area (Å²) in [6, 6.07) is 0. The average Bonchev–Trinajstić information content (AvgIpc) is 1.99. The van der Waals surface area contributed by atoms with Crippen LogP contribution < -0.4 is 10.9 Å². The van der Waals surface area contributed by atoms with Gasteiger partial charge in [0.2, 0.25) is 0 Å². The van der Waals surface area contributed by atoms with Crippen LogP contribution in [0.4, 0.5) is 0 Å². The zero-order chi connectivity index (χ0) is 7.98. The van der Waals surface area contributed by atoms with Crippen molar-refractivity contribution in [3.05, 3.63) is 0 Å². The predicted octanol–water partition coefficient (Wildman–Crippen LogP) is -0.143. The van der Waals surface area contributed by atoms with Gasteiger partial charge in [0.1, 0.15) is 12.1 Å². The number of aliphatic imine (C=N–C) groups is 1. The van der Waals surface area contributed by atoms with Gasteiger partial charge in [0.05, 0.1) is 0 Å². The monoisotopic (exact) mass is 145 g/mol. The Kier molecular flexibility index (Phi) is 4.88. The second kappa shape index (κ2) is 5.20. The van der Waals surface area contributed by atoms with E-state index < -0.39 is 6.23 Å². The third kappa shape index (κ3) is 4.29. The van der Waals surface area contributed by atoms with Crippen molar-refractivity contribution in [2.24, 2.45) is 4.99 Å². The molecule has 0 aromatic rings. The maximum absolute atomic E-state index is 8.97. The highest BCUT2D eigenvalue weighted by molar-refractivity contribution is 5.78. The molecule has 1 atom stereocenters. The molecule has 0 rings (SSSR count). The number of hydrazine groups is 1.